The van der Waals surface area contributed by atoms with Crippen molar-refractivity contribution in [3.05, 3.63) is 41.5 Å². The monoisotopic (exact) mass is 247 g/mol. The van der Waals surface area contributed by atoms with Gasteiger partial charge in [-0.05, 0) is 32.0 Å². The summed E-state index contributed by atoms with van der Waals surface area (Å²) >= 11 is 1.42. The minimum atomic E-state index is -0.264. The molecule has 2 heterocycles. The highest BCUT2D eigenvalue weighted by atomic mass is 32.1. The molecule has 0 spiro atoms. The van der Waals surface area contributed by atoms with Gasteiger partial charge in [0.1, 0.15) is 4.88 Å². The lowest BCUT2D eigenvalue weighted by Gasteiger charge is -2.05. The van der Waals surface area contributed by atoms with Crippen molar-refractivity contribution in [2.75, 3.05) is 0 Å². The molecule has 0 bridgehead atoms. The molecule has 0 saturated carbocycles. The smallest absolute Gasteiger partial charge is 0.348 e. The zero-order valence-corrected chi connectivity index (χ0v) is 10.5. The first-order valence-electron chi connectivity index (χ1n) is 5.38. The molecule has 2 rings (SSSR count). The van der Waals surface area contributed by atoms with Crippen LogP contribution in [0, 0.1) is 0 Å². The summed E-state index contributed by atoms with van der Waals surface area (Å²) in [7, 11) is 0. The van der Waals surface area contributed by atoms with Gasteiger partial charge >= 0.3 is 5.97 Å². The molecule has 4 heteroatoms. The van der Waals surface area contributed by atoms with Crippen molar-refractivity contribution >= 4 is 17.3 Å². The fourth-order valence-electron chi connectivity index (χ4n) is 1.38. The third-order valence-electron chi connectivity index (χ3n) is 2.10. The van der Waals surface area contributed by atoms with Crippen LogP contribution in [0.15, 0.2) is 36.7 Å². The minimum Gasteiger partial charge on any atom is -0.459 e. The molecular formula is C13H13NO2S. The van der Waals surface area contributed by atoms with E-state index in [0.29, 0.717) is 4.88 Å². The summed E-state index contributed by atoms with van der Waals surface area (Å²) in [4.78, 5) is 17.4. The van der Waals surface area contributed by atoms with Gasteiger partial charge in [-0.3, -0.25) is 4.98 Å². The highest BCUT2D eigenvalue weighted by Crippen LogP contribution is 2.27. The normalized spacial score (nSPS) is 10.5. The van der Waals surface area contributed by atoms with Crippen LogP contribution in [0.1, 0.15) is 23.5 Å². The van der Waals surface area contributed by atoms with Crippen LogP contribution in [-0.4, -0.2) is 17.1 Å². The first-order chi connectivity index (χ1) is 8.16. The molecule has 3 nitrogen and oxygen atoms in total. The number of hydrogen-bond acceptors (Lipinski definition) is 4. The Bertz CT molecular complexity index is 505. The Balaban J connectivity index is 2.19. The number of nitrogens with zero attached hydrogens (tertiary/aromatic N) is 1. The quantitative estimate of drug-likeness (QED) is 0.780. The molecule has 0 atom stereocenters. The van der Waals surface area contributed by atoms with Crippen molar-refractivity contribution in [1.29, 1.82) is 0 Å². The Hall–Kier alpha value is -1.68. The number of carbonyl (C=O) groups excluding carboxylic acids is 1. The number of esters is 1. The zero-order valence-electron chi connectivity index (χ0n) is 9.71. The topological polar surface area (TPSA) is 39.2 Å². The largest absolute Gasteiger partial charge is 0.459 e. The second-order valence-electron chi connectivity index (χ2n) is 3.86. The molecule has 0 N–H and O–H groups in total. The highest BCUT2D eigenvalue weighted by molar-refractivity contribution is 7.17. The van der Waals surface area contributed by atoms with Crippen molar-refractivity contribution in [2.45, 2.75) is 20.0 Å². The Morgan fingerprint density at radius 3 is 2.82 bits per heavy atom. The van der Waals surface area contributed by atoms with Crippen LogP contribution in [0.4, 0.5) is 0 Å². The summed E-state index contributed by atoms with van der Waals surface area (Å²) in [5.74, 6) is -0.264. The molecule has 2 aromatic rings. The Morgan fingerprint density at radius 1 is 1.35 bits per heavy atom. The number of carbonyl (C=O) groups is 1. The van der Waals surface area contributed by atoms with Gasteiger partial charge in [-0.25, -0.2) is 4.79 Å². The fraction of sp³-hybridized carbons (Fsp3) is 0.231. The second-order valence-corrected chi connectivity index (χ2v) is 4.94. The van der Waals surface area contributed by atoms with E-state index >= 15 is 0 Å². The Morgan fingerprint density at radius 2 is 2.18 bits per heavy atom. The van der Waals surface area contributed by atoms with E-state index in [0.717, 1.165) is 10.4 Å². The van der Waals surface area contributed by atoms with Gasteiger partial charge in [-0.2, -0.15) is 0 Å². The van der Waals surface area contributed by atoms with Gasteiger partial charge in [0.25, 0.3) is 0 Å². The average molecular weight is 247 g/mol. The van der Waals surface area contributed by atoms with E-state index in [2.05, 4.69) is 4.98 Å². The standard InChI is InChI=1S/C13H13NO2S/c1-9(2)16-13(15)12-6-5-11(17-12)10-4-3-7-14-8-10/h3-9H,1-2H3. The van der Waals surface area contributed by atoms with E-state index in [1.54, 1.807) is 18.5 Å². The van der Waals surface area contributed by atoms with Gasteiger partial charge < -0.3 is 4.74 Å². The molecule has 0 aliphatic rings. The van der Waals surface area contributed by atoms with Crippen LogP contribution < -0.4 is 0 Å². The predicted octanol–water partition coefficient (Wildman–Crippen LogP) is 3.38. The molecular weight excluding hydrogens is 234 g/mol. The Labute approximate surface area is 104 Å². The van der Waals surface area contributed by atoms with Crippen molar-refractivity contribution in [1.82, 2.24) is 4.98 Å². The van der Waals surface area contributed by atoms with Crippen LogP contribution in [0.3, 0.4) is 0 Å². The van der Waals surface area contributed by atoms with Crippen LogP contribution in [-0.2, 0) is 4.74 Å². The number of ether oxygens (including phenoxy) is 1. The number of hydrogen-bond donors (Lipinski definition) is 0. The van der Waals surface area contributed by atoms with Crippen molar-refractivity contribution in [3.8, 4) is 10.4 Å². The fourth-order valence-corrected chi connectivity index (χ4v) is 2.26. The molecule has 0 radical (unpaired) electrons. The summed E-state index contributed by atoms with van der Waals surface area (Å²) < 4.78 is 5.14. The number of thiophene rings is 1. The van der Waals surface area contributed by atoms with Crippen molar-refractivity contribution < 1.29 is 9.53 Å². The van der Waals surface area contributed by atoms with Crippen LogP contribution >= 0.6 is 11.3 Å². The van der Waals surface area contributed by atoms with Gasteiger partial charge in [0, 0.05) is 22.8 Å². The molecule has 88 valence electrons. The van der Waals surface area contributed by atoms with E-state index in [1.807, 2.05) is 32.0 Å². The molecule has 0 amide bonds. The maximum atomic E-state index is 11.7. The van der Waals surface area contributed by atoms with Crippen molar-refractivity contribution in [2.24, 2.45) is 0 Å². The second kappa shape index (κ2) is 5.10. The van der Waals surface area contributed by atoms with Crippen LogP contribution in [0.2, 0.25) is 0 Å². The average Bonchev–Trinajstić information content (AvgIpc) is 2.78. The van der Waals surface area contributed by atoms with Gasteiger partial charge in [0.05, 0.1) is 6.10 Å². The van der Waals surface area contributed by atoms with E-state index in [1.165, 1.54) is 11.3 Å². The third-order valence-corrected chi connectivity index (χ3v) is 3.21. The van der Waals surface area contributed by atoms with E-state index in [-0.39, 0.29) is 12.1 Å². The van der Waals surface area contributed by atoms with Gasteiger partial charge in [-0.1, -0.05) is 6.07 Å². The predicted molar refractivity (Wildman–Crippen MR) is 68.1 cm³/mol. The van der Waals surface area contributed by atoms with Gasteiger partial charge in [0.15, 0.2) is 0 Å². The first-order valence-corrected chi connectivity index (χ1v) is 6.19. The molecule has 0 saturated heterocycles. The van der Waals surface area contributed by atoms with E-state index < -0.39 is 0 Å². The molecule has 0 aromatic carbocycles. The van der Waals surface area contributed by atoms with Crippen LogP contribution in [0.5, 0.6) is 0 Å². The van der Waals surface area contributed by atoms with E-state index in [9.17, 15) is 4.79 Å². The number of rotatable bonds is 3. The first kappa shape index (κ1) is 11.8. The lowest BCUT2D eigenvalue weighted by Crippen LogP contribution is -2.09. The van der Waals surface area contributed by atoms with Gasteiger partial charge in [-0.15, -0.1) is 11.3 Å². The summed E-state index contributed by atoms with van der Waals surface area (Å²) in [6, 6.07) is 7.55. The molecule has 0 aliphatic heterocycles. The molecule has 0 aliphatic carbocycles. The molecule has 0 unspecified atom stereocenters. The maximum absolute atomic E-state index is 11.7. The summed E-state index contributed by atoms with van der Waals surface area (Å²) in [5.41, 5.74) is 1.01. The maximum Gasteiger partial charge on any atom is 0.348 e. The molecule has 2 aromatic heterocycles. The lowest BCUT2D eigenvalue weighted by atomic mass is 10.2. The molecule has 17 heavy (non-hydrogen) atoms. The minimum absolute atomic E-state index is 0.0913. The Kier molecular flexibility index (Phi) is 3.54. The highest BCUT2D eigenvalue weighted by Gasteiger charge is 2.12. The summed E-state index contributed by atoms with van der Waals surface area (Å²) in [5, 5.41) is 0. The molecule has 0 fully saturated rings. The lowest BCUT2D eigenvalue weighted by molar-refractivity contribution is 0.0384. The van der Waals surface area contributed by atoms with E-state index in [4.69, 9.17) is 4.74 Å². The summed E-state index contributed by atoms with van der Waals surface area (Å²) in [6.07, 6.45) is 3.42. The summed E-state index contributed by atoms with van der Waals surface area (Å²) in [6.45, 7) is 3.68. The number of pyridine rings is 1. The van der Waals surface area contributed by atoms with Crippen molar-refractivity contribution in [3.63, 3.8) is 0 Å². The SMILES string of the molecule is CC(C)OC(=O)c1ccc(-c2cccnc2)s1. The van der Waals surface area contributed by atoms with Gasteiger partial charge in [0.2, 0.25) is 0 Å². The zero-order chi connectivity index (χ0) is 12.3. The van der Waals surface area contributed by atoms with Crippen LogP contribution in [0.25, 0.3) is 10.4 Å². The third kappa shape index (κ3) is 2.91. The number of aromatic nitrogens is 1.